The normalized spacial score (nSPS) is 10.8. The third-order valence-electron chi connectivity index (χ3n) is 2.55. The Hall–Kier alpha value is -1.76. The van der Waals surface area contributed by atoms with E-state index in [-0.39, 0.29) is 6.42 Å². The first-order valence-electron chi connectivity index (χ1n) is 6.08. The van der Waals surface area contributed by atoms with Gasteiger partial charge in [-0.15, -0.1) is 11.3 Å². The van der Waals surface area contributed by atoms with Crippen molar-refractivity contribution in [2.24, 2.45) is 0 Å². The lowest BCUT2D eigenvalue weighted by Gasteiger charge is -1.93. The molecule has 2 rings (SSSR count). The Labute approximate surface area is 114 Å². The van der Waals surface area contributed by atoms with Gasteiger partial charge in [-0.05, 0) is 19.8 Å². The molecule has 0 radical (unpaired) electrons. The minimum atomic E-state index is -0.773. The van der Waals surface area contributed by atoms with E-state index in [0.717, 1.165) is 17.1 Å². The molecule has 0 aromatic carbocycles. The van der Waals surface area contributed by atoms with E-state index >= 15 is 0 Å². The van der Waals surface area contributed by atoms with Crippen LogP contribution < -0.4 is 0 Å². The van der Waals surface area contributed by atoms with E-state index in [4.69, 9.17) is 9.63 Å². The highest BCUT2D eigenvalue weighted by atomic mass is 32.1. The summed E-state index contributed by atoms with van der Waals surface area (Å²) in [6.07, 6.45) is 2.74. The first-order chi connectivity index (χ1) is 9.13. The molecule has 19 heavy (non-hydrogen) atoms. The molecule has 0 atom stereocenters. The van der Waals surface area contributed by atoms with Crippen molar-refractivity contribution in [3.63, 3.8) is 0 Å². The molecule has 0 spiro atoms. The van der Waals surface area contributed by atoms with Crippen molar-refractivity contribution in [2.75, 3.05) is 0 Å². The van der Waals surface area contributed by atoms with E-state index in [0.29, 0.717) is 31.0 Å². The summed E-state index contributed by atoms with van der Waals surface area (Å²) in [5, 5.41) is 15.4. The maximum atomic E-state index is 10.4. The standard InChI is InChI=1S/C12H15N3O3S/c1-8-13-9(7-19-8)6-10-14-11(18-15-10)4-2-3-5-12(16)17/h7H,2-6H2,1H3,(H,16,17). The number of aliphatic carboxylic acids is 1. The maximum absolute atomic E-state index is 10.4. The maximum Gasteiger partial charge on any atom is 0.303 e. The molecule has 1 N–H and O–H groups in total. The van der Waals surface area contributed by atoms with Gasteiger partial charge in [-0.25, -0.2) is 4.98 Å². The van der Waals surface area contributed by atoms with Gasteiger partial charge in [-0.2, -0.15) is 4.98 Å². The van der Waals surface area contributed by atoms with Crippen LogP contribution in [0.15, 0.2) is 9.90 Å². The zero-order valence-corrected chi connectivity index (χ0v) is 11.4. The van der Waals surface area contributed by atoms with Gasteiger partial charge in [0.1, 0.15) is 0 Å². The van der Waals surface area contributed by atoms with Crippen LogP contribution in [0.5, 0.6) is 0 Å². The number of carbonyl (C=O) groups is 1. The number of aryl methyl sites for hydroxylation is 2. The highest BCUT2D eigenvalue weighted by Crippen LogP contribution is 2.12. The molecule has 0 fully saturated rings. The van der Waals surface area contributed by atoms with Gasteiger partial charge in [0.15, 0.2) is 5.82 Å². The van der Waals surface area contributed by atoms with Gasteiger partial charge < -0.3 is 9.63 Å². The van der Waals surface area contributed by atoms with Gasteiger partial charge in [-0.3, -0.25) is 4.79 Å². The number of nitrogens with zero attached hydrogens (tertiary/aromatic N) is 3. The smallest absolute Gasteiger partial charge is 0.303 e. The van der Waals surface area contributed by atoms with Gasteiger partial charge in [0.2, 0.25) is 5.89 Å². The van der Waals surface area contributed by atoms with Crippen LogP contribution in [0, 0.1) is 6.92 Å². The van der Waals surface area contributed by atoms with Crippen LogP contribution in [-0.2, 0) is 17.6 Å². The van der Waals surface area contributed by atoms with Crippen molar-refractivity contribution in [3.8, 4) is 0 Å². The lowest BCUT2D eigenvalue weighted by Crippen LogP contribution is -1.95. The number of carboxylic acid groups (broad SMARTS) is 1. The van der Waals surface area contributed by atoms with Gasteiger partial charge in [0.05, 0.1) is 17.1 Å². The summed E-state index contributed by atoms with van der Waals surface area (Å²) >= 11 is 1.60. The van der Waals surface area contributed by atoms with Crippen LogP contribution in [0.2, 0.25) is 0 Å². The van der Waals surface area contributed by atoms with Gasteiger partial charge in [0.25, 0.3) is 0 Å². The second kappa shape index (κ2) is 6.42. The van der Waals surface area contributed by atoms with E-state index in [9.17, 15) is 4.79 Å². The van der Waals surface area contributed by atoms with Crippen LogP contribution >= 0.6 is 11.3 Å². The molecule has 2 aromatic rings. The average Bonchev–Trinajstić information content (AvgIpc) is 2.95. The number of aromatic nitrogens is 3. The predicted octanol–water partition coefficient (Wildman–Crippen LogP) is 2.22. The Bertz CT molecular complexity index is 550. The quantitative estimate of drug-likeness (QED) is 0.783. The highest BCUT2D eigenvalue weighted by molar-refractivity contribution is 7.09. The Balaban J connectivity index is 1.80. The van der Waals surface area contributed by atoms with Crippen LogP contribution in [-0.4, -0.2) is 26.2 Å². The second-order valence-electron chi connectivity index (χ2n) is 4.24. The van der Waals surface area contributed by atoms with E-state index in [1.54, 1.807) is 11.3 Å². The zero-order chi connectivity index (χ0) is 13.7. The monoisotopic (exact) mass is 281 g/mol. The third kappa shape index (κ3) is 4.44. The van der Waals surface area contributed by atoms with Gasteiger partial charge in [-0.1, -0.05) is 5.16 Å². The van der Waals surface area contributed by atoms with Crippen molar-refractivity contribution in [1.82, 2.24) is 15.1 Å². The summed E-state index contributed by atoms with van der Waals surface area (Å²) in [7, 11) is 0. The van der Waals surface area contributed by atoms with Gasteiger partial charge in [0, 0.05) is 18.2 Å². The molecule has 0 aliphatic heterocycles. The van der Waals surface area contributed by atoms with Crippen molar-refractivity contribution in [2.45, 2.75) is 39.0 Å². The molecule has 0 aliphatic carbocycles. The van der Waals surface area contributed by atoms with E-state index in [1.807, 2.05) is 12.3 Å². The molecule has 7 heteroatoms. The first kappa shape index (κ1) is 13.7. The molecule has 0 saturated heterocycles. The molecular weight excluding hydrogens is 266 g/mol. The van der Waals surface area contributed by atoms with Crippen LogP contribution in [0.3, 0.4) is 0 Å². The predicted molar refractivity (Wildman–Crippen MR) is 69.1 cm³/mol. The number of unbranched alkanes of at least 4 members (excludes halogenated alkanes) is 1. The molecule has 0 bridgehead atoms. The van der Waals surface area contributed by atoms with Gasteiger partial charge >= 0.3 is 5.97 Å². The molecule has 2 aromatic heterocycles. The Kier molecular flexibility index (Phi) is 4.62. The number of hydrogen-bond donors (Lipinski definition) is 1. The topological polar surface area (TPSA) is 89.1 Å². The zero-order valence-electron chi connectivity index (χ0n) is 10.6. The molecule has 0 unspecified atom stereocenters. The van der Waals surface area contributed by atoms with Crippen LogP contribution in [0.4, 0.5) is 0 Å². The van der Waals surface area contributed by atoms with Crippen LogP contribution in [0.1, 0.15) is 41.7 Å². The van der Waals surface area contributed by atoms with Crippen molar-refractivity contribution in [3.05, 3.63) is 27.8 Å². The van der Waals surface area contributed by atoms with E-state index < -0.39 is 5.97 Å². The summed E-state index contributed by atoms with van der Waals surface area (Å²) in [5.74, 6) is 0.413. The number of hydrogen-bond acceptors (Lipinski definition) is 6. The molecular formula is C12H15N3O3S. The summed E-state index contributed by atoms with van der Waals surface area (Å²) in [6, 6.07) is 0. The average molecular weight is 281 g/mol. The minimum absolute atomic E-state index is 0.180. The van der Waals surface area contributed by atoms with Crippen LogP contribution in [0.25, 0.3) is 0 Å². The number of thiazole rings is 1. The molecule has 2 heterocycles. The largest absolute Gasteiger partial charge is 0.481 e. The summed E-state index contributed by atoms with van der Waals surface area (Å²) in [4.78, 5) is 19.0. The second-order valence-corrected chi connectivity index (χ2v) is 5.30. The minimum Gasteiger partial charge on any atom is -0.481 e. The SMILES string of the molecule is Cc1nc(Cc2noc(CCCCC(=O)O)n2)cs1. The Morgan fingerprint density at radius 2 is 2.26 bits per heavy atom. The summed E-state index contributed by atoms with van der Waals surface area (Å²) < 4.78 is 5.12. The number of rotatable bonds is 7. The fourth-order valence-electron chi connectivity index (χ4n) is 1.67. The van der Waals surface area contributed by atoms with Crippen molar-refractivity contribution >= 4 is 17.3 Å². The first-order valence-corrected chi connectivity index (χ1v) is 6.95. The fraction of sp³-hybridized carbons (Fsp3) is 0.500. The lowest BCUT2D eigenvalue weighted by atomic mass is 10.2. The molecule has 6 nitrogen and oxygen atoms in total. The summed E-state index contributed by atoms with van der Waals surface area (Å²) in [6.45, 7) is 1.96. The molecule has 0 saturated carbocycles. The fourth-order valence-corrected chi connectivity index (χ4v) is 2.28. The molecule has 0 amide bonds. The Morgan fingerprint density at radius 1 is 1.42 bits per heavy atom. The summed E-state index contributed by atoms with van der Waals surface area (Å²) in [5.41, 5.74) is 0.945. The number of carboxylic acids is 1. The van der Waals surface area contributed by atoms with E-state index in [2.05, 4.69) is 15.1 Å². The lowest BCUT2D eigenvalue weighted by molar-refractivity contribution is -0.137. The van der Waals surface area contributed by atoms with Crippen molar-refractivity contribution < 1.29 is 14.4 Å². The molecule has 0 aliphatic rings. The Morgan fingerprint density at radius 3 is 2.95 bits per heavy atom. The van der Waals surface area contributed by atoms with Crippen molar-refractivity contribution in [1.29, 1.82) is 0 Å². The third-order valence-corrected chi connectivity index (χ3v) is 3.37. The molecule has 102 valence electrons. The highest BCUT2D eigenvalue weighted by Gasteiger charge is 2.09. The van der Waals surface area contributed by atoms with E-state index in [1.165, 1.54) is 0 Å².